The topological polar surface area (TPSA) is 61.4 Å². The first-order valence-corrected chi connectivity index (χ1v) is 8.39. The lowest BCUT2D eigenvalue weighted by molar-refractivity contribution is -0.115. The van der Waals surface area contributed by atoms with Crippen LogP contribution in [0.2, 0.25) is 0 Å². The number of hydrogen-bond donors (Lipinski definition) is 2. The fourth-order valence-corrected chi connectivity index (χ4v) is 2.53. The number of nitrogens with zero attached hydrogens (tertiary/aromatic N) is 1. The molecule has 0 heterocycles. The quantitative estimate of drug-likeness (QED) is 0.845. The van der Waals surface area contributed by atoms with E-state index < -0.39 is 0 Å². The molecule has 5 heteroatoms. The molecule has 2 N–H and O–H groups in total. The Bertz CT molecular complexity index is 742. The maximum atomic E-state index is 12.8. The zero-order chi connectivity index (χ0) is 18.4. The summed E-state index contributed by atoms with van der Waals surface area (Å²) in [5, 5.41) is 5.82. The van der Waals surface area contributed by atoms with Gasteiger partial charge in [-0.2, -0.15) is 0 Å². The molecule has 2 aromatic carbocycles. The number of hydrogen-bond acceptors (Lipinski definition) is 3. The van der Waals surface area contributed by atoms with E-state index in [9.17, 15) is 9.59 Å². The van der Waals surface area contributed by atoms with Crippen molar-refractivity contribution in [3.8, 4) is 0 Å². The van der Waals surface area contributed by atoms with E-state index in [0.717, 1.165) is 11.3 Å². The molecule has 1 atom stereocenters. The van der Waals surface area contributed by atoms with E-state index in [0.29, 0.717) is 17.7 Å². The van der Waals surface area contributed by atoms with E-state index >= 15 is 0 Å². The van der Waals surface area contributed by atoms with Crippen LogP contribution in [0.15, 0.2) is 48.5 Å². The van der Waals surface area contributed by atoms with Crippen LogP contribution in [-0.2, 0) is 4.79 Å². The van der Waals surface area contributed by atoms with Crippen LogP contribution in [0.5, 0.6) is 0 Å². The molecule has 0 spiro atoms. The number of amides is 2. The smallest absolute Gasteiger partial charge is 0.253 e. The van der Waals surface area contributed by atoms with Crippen molar-refractivity contribution in [2.24, 2.45) is 0 Å². The van der Waals surface area contributed by atoms with Crippen molar-refractivity contribution in [3.05, 3.63) is 59.7 Å². The molecule has 0 radical (unpaired) electrons. The van der Waals surface area contributed by atoms with Crippen LogP contribution < -0.4 is 15.5 Å². The van der Waals surface area contributed by atoms with Crippen molar-refractivity contribution in [1.29, 1.82) is 0 Å². The van der Waals surface area contributed by atoms with Gasteiger partial charge in [0.05, 0.1) is 11.6 Å². The van der Waals surface area contributed by atoms with Crippen LogP contribution in [0.3, 0.4) is 0 Å². The molecule has 5 nitrogen and oxygen atoms in total. The molecule has 132 valence electrons. The van der Waals surface area contributed by atoms with Crippen LogP contribution >= 0.6 is 0 Å². The first-order chi connectivity index (χ1) is 11.9. The van der Waals surface area contributed by atoms with Crippen molar-refractivity contribution in [2.75, 3.05) is 24.3 Å². The summed E-state index contributed by atoms with van der Waals surface area (Å²) in [6, 6.07) is 15.1. The molecular formula is C20H25N3O2. The Balaban J connectivity index is 2.26. The molecule has 0 aliphatic rings. The van der Waals surface area contributed by atoms with E-state index in [1.165, 1.54) is 0 Å². The largest absolute Gasteiger partial charge is 0.377 e. The maximum absolute atomic E-state index is 12.8. The van der Waals surface area contributed by atoms with Crippen molar-refractivity contribution in [2.45, 2.75) is 26.3 Å². The second-order valence-corrected chi connectivity index (χ2v) is 6.13. The summed E-state index contributed by atoms with van der Waals surface area (Å²) >= 11 is 0. The Morgan fingerprint density at radius 2 is 1.76 bits per heavy atom. The lowest BCUT2D eigenvalue weighted by Crippen LogP contribution is -2.28. The van der Waals surface area contributed by atoms with Gasteiger partial charge in [-0.1, -0.05) is 37.3 Å². The highest BCUT2D eigenvalue weighted by Crippen LogP contribution is 2.24. The van der Waals surface area contributed by atoms with Gasteiger partial charge >= 0.3 is 0 Å². The maximum Gasteiger partial charge on any atom is 0.253 e. The third kappa shape index (κ3) is 4.83. The molecule has 2 amide bonds. The fourth-order valence-electron chi connectivity index (χ4n) is 2.53. The van der Waals surface area contributed by atoms with E-state index in [1.54, 1.807) is 19.1 Å². The summed E-state index contributed by atoms with van der Waals surface area (Å²) in [6.45, 7) is 3.74. The van der Waals surface area contributed by atoms with Gasteiger partial charge < -0.3 is 15.5 Å². The van der Waals surface area contributed by atoms with E-state index in [4.69, 9.17) is 0 Å². The Labute approximate surface area is 149 Å². The molecule has 0 aliphatic heterocycles. The van der Waals surface area contributed by atoms with Gasteiger partial charge in [0, 0.05) is 31.9 Å². The normalized spacial score (nSPS) is 11.5. The van der Waals surface area contributed by atoms with Crippen molar-refractivity contribution < 1.29 is 9.59 Å². The average molecular weight is 339 g/mol. The van der Waals surface area contributed by atoms with Crippen LogP contribution in [0.1, 0.15) is 42.2 Å². The molecule has 25 heavy (non-hydrogen) atoms. The van der Waals surface area contributed by atoms with Gasteiger partial charge in [-0.15, -0.1) is 0 Å². The minimum absolute atomic E-state index is 0.0818. The molecule has 0 aliphatic carbocycles. The first-order valence-electron chi connectivity index (χ1n) is 8.39. The van der Waals surface area contributed by atoms with Gasteiger partial charge in [0.2, 0.25) is 5.91 Å². The monoisotopic (exact) mass is 339 g/mol. The van der Waals surface area contributed by atoms with Crippen molar-refractivity contribution in [3.63, 3.8) is 0 Å². The van der Waals surface area contributed by atoms with Crippen LogP contribution in [-0.4, -0.2) is 25.9 Å². The number of nitrogens with one attached hydrogen (secondary N) is 2. The molecule has 2 rings (SSSR count). The number of rotatable bonds is 6. The fraction of sp³-hybridized carbons (Fsp3) is 0.300. The number of carbonyl (C=O) groups excluding carboxylic acids is 2. The van der Waals surface area contributed by atoms with Crippen LogP contribution in [0.4, 0.5) is 11.4 Å². The van der Waals surface area contributed by atoms with Gasteiger partial charge in [0.15, 0.2) is 0 Å². The number of benzene rings is 2. The van der Waals surface area contributed by atoms with Gasteiger partial charge in [0.1, 0.15) is 0 Å². The zero-order valence-electron chi connectivity index (χ0n) is 15.2. The summed E-state index contributed by atoms with van der Waals surface area (Å²) in [4.78, 5) is 26.3. The summed E-state index contributed by atoms with van der Waals surface area (Å²) in [7, 11) is 3.77. The van der Waals surface area contributed by atoms with E-state index in [1.807, 2.05) is 62.3 Å². The summed E-state index contributed by atoms with van der Waals surface area (Å²) in [6.07, 6.45) is 0.391. The Kier molecular flexibility index (Phi) is 6.17. The Morgan fingerprint density at radius 1 is 1.08 bits per heavy atom. The molecule has 0 fully saturated rings. The van der Waals surface area contributed by atoms with E-state index in [2.05, 4.69) is 10.6 Å². The van der Waals surface area contributed by atoms with Gasteiger partial charge in [-0.05, 0) is 30.7 Å². The summed E-state index contributed by atoms with van der Waals surface area (Å²) in [5.74, 6) is -0.255. The molecule has 0 saturated carbocycles. The second-order valence-electron chi connectivity index (χ2n) is 6.13. The SMILES string of the molecule is CCC(=O)Nc1ccc(N(C)C)c(C(=O)NC(C)c2ccccc2)c1. The number of anilines is 2. The lowest BCUT2D eigenvalue weighted by Gasteiger charge is -2.20. The number of carbonyl (C=O) groups is 2. The standard InChI is InChI=1S/C20H25N3O2/c1-5-19(24)22-16-11-12-18(23(3)4)17(13-16)20(25)21-14(2)15-9-7-6-8-10-15/h6-14H,5H2,1-4H3,(H,21,25)(H,22,24). The molecule has 0 aromatic heterocycles. The van der Waals surface area contributed by atoms with Gasteiger partial charge in [-0.25, -0.2) is 0 Å². The summed E-state index contributed by atoms with van der Waals surface area (Å²) < 4.78 is 0. The molecule has 1 unspecified atom stereocenters. The Hall–Kier alpha value is -2.82. The van der Waals surface area contributed by atoms with Crippen molar-refractivity contribution in [1.82, 2.24) is 5.32 Å². The van der Waals surface area contributed by atoms with Gasteiger partial charge in [0.25, 0.3) is 5.91 Å². The average Bonchev–Trinajstić information content (AvgIpc) is 2.61. The predicted octanol–water partition coefficient (Wildman–Crippen LogP) is 3.59. The van der Waals surface area contributed by atoms with Crippen molar-refractivity contribution >= 4 is 23.2 Å². The molecule has 2 aromatic rings. The zero-order valence-corrected chi connectivity index (χ0v) is 15.2. The van der Waals surface area contributed by atoms with Gasteiger partial charge in [-0.3, -0.25) is 9.59 Å². The third-order valence-corrected chi connectivity index (χ3v) is 3.98. The van der Waals surface area contributed by atoms with Crippen LogP contribution in [0.25, 0.3) is 0 Å². The molecule has 0 bridgehead atoms. The Morgan fingerprint density at radius 3 is 2.36 bits per heavy atom. The summed E-state index contributed by atoms with van der Waals surface area (Å²) in [5.41, 5.74) is 2.99. The highest BCUT2D eigenvalue weighted by Gasteiger charge is 2.17. The minimum Gasteiger partial charge on any atom is -0.377 e. The minimum atomic E-state index is -0.173. The van der Waals surface area contributed by atoms with Crippen LogP contribution in [0, 0.1) is 0 Å². The first kappa shape index (κ1) is 18.5. The highest BCUT2D eigenvalue weighted by atomic mass is 16.2. The molecular weight excluding hydrogens is 314 g/mol. The highest BCUT2D eigenvalue weighted by molar-refractivity contribution is 6.02. The van der Waals surface area contributed by atoms with E-state index in [-0.39, 0.29) is 17.9 Å². The lowest BCUT2D eigenvalue weighted by atomic mass is 10.1. The predicted molar refractivity (Wildman–Crippen MR) is 102 cm³/mol. The second kappa shape index (κ2) is 8.33. The molecule has 0 saturated heterocycles. The third-order valence-electron chi connectivity index (χ3n) is 3.98.